The highest BCUT2D eigenvalue weighted by atomic mass is 35.5. The summed E-state index contributed by atoms with van der Waals surface area (Å²) in [6.45, 7) is 0. The van der Waals surface area contributed by atoms with Crippen LogP contribution in [0.15, 0.2) is 28.8 Å². The molecule has 17 heavy (non-hydrogen) atoms. The van der Waals surface area contributed by atoms with Gasteiger partial charge in [-0.15, -0.1) is 0 Å². The molecule has 0 aliphatic heterocycles. The van der Waals surface area contributed by atoms with Gasteiger partial charge >= 0.3 is 0 Å². The molecular formula is C12H10ClN3O. The van der Waals surface area contributed by atoms with Gasteiger partial charge in [0.1, 0.15) is 0 Å². The number of halogens is 1. The molecule has 1 aromatic heterocycles. The Labute approximate surface area is 104 Å². The number of nitriles is 1. The maximum absolute atomic E-state index is 8.48. The van der Waals surface area contributed by atoms with E-state index in [-0.39, 0.29) is 6.42 Å². The minimum absolute atomic E-state index is 0.181. The number of benzene rings is 1. The fourth-order valence-electron chi connectivity index (χ4n) is 1.48. The highest BCUT2D eigenvalue weighted by Gasteiger charge is 2.06. The van der Waals surface area contributed by atoms with Crippen molar-refractivity contribution in [3.8, 4) is 6.07 Å². The molecule has 4 nitrogen and oxygen atoms in total. The summed E-state index contributed by atoms with van der Waals surface area (Å²) in [5.74, 6) is 0.990. The second-order valence-electron chi connectivity index (χ2n) is 3.57. The molecule has 5 heteroatoms. The van der Waals surface area contributed by atoms with Crippen molar-refractivity contribution >= 4 is 11.6 Å². The second-order valence-corrected chi connectivity index (χ2v) is 4.01. The Balaban J connectivity index is 1.95. The molecule has 0 amide bonds. The maximum atomic E-state index is 8.48. The van der Waals surface area contributed by atoms with Crippen molar-refractivity contribution in [3.05, 3.63) is 46.6 Å². The van der Waals surface area contributed by atoms with E-state index in [4.69, 9.17) is 21.4 Å². The van der Waals surface area contributed by atoms with Crippen molar-refractivity contribution in [1.29, 1.82) is 5.26 Å². The smallest absolute Gasteiger partial charge is 0.227 e. The highest BCUT2D eigenvalue weighted by Crippen LogP contribution is 2.12. The van der Waals surface area contributed by atoms with Crippen molar-refractivity contribution in [2.75, 3.05) is 0 Å². The molecule has 0 radical (unpaired) electrons. The van der Waals surface area contributed by atoms with E-state index in [0.29, 0.717) is 18.1 Å². The summed E-state index contributed by atoms with van der Waals surface area (Å²) in [5, 5.41) is 12.9. The summed E-state index contributed by atoms with van der Waals surface area (Å²) < 4.78 is 5.02. The van der Waals surface area contributed by atoms with Crippen LogP contribution in [0.1, 0.15) is 17.3 Å². The summed E-state index contributed by atoms with van der Waals surface area (Å²) in [6, 6.07) is 9.63. The minimum Gasteiger partial charge on any atom is -0.339 e. The topological polar surface area (TPSA) is 62.7 Å². The van der Waals surface area contributed by atoms with Crippen LogP contribution in [-0.2, 0) is 19.3 Å². The molecule has 0 fully saturated rings. The van der Waals surface area contributed by atoms with E-state index in [1.165, 1.54) is 0 Å². The van der Waals surface area contributed by atoms with Gasteiger partial charge in [-0.1, -0.05) is 28.9 Å². The Morgan fingerprint density at radius 3 is 3.00 bits per heavy atom. The summed E-state index contributed by atoms with van der Waals surface area (Å²) in [7, 11) is 0. The van der Waals surface area contributed by atoms with Gasteiger partial charge in [-0.05, 0) is 24.1 Å². The summed E-state index contributed by atoms with van der Waals surface area (Å²) >= 11 is 5.88. The number of aromatic nitrogens is 2. The first-order valence-corrected chi connectivity index (χ1v) is 5.58. The van der Waals surface area contributed by atoms with Gasteiger partial charge in [0.15, 0.2) is 5.82 Å². The van der Waals surface area contributed by atoms with Gasteiger partial charge in [0.25, 0.3) is 0 Å². The Kier molecular flexibility index (Phi) is 3.73. The highest BCUT2D eigenvalue weighted by molar-refractivity contribution is 6.30. The Morgan fingerprint density at radius 2 is 2.24 bits per heavy atom. The number of hydrogen-bond acceptors (Lipinski definition) is 4. The number of hydrogen-bond donors (Lipinski definition) is 0. The van der Waals surface area contributed by atoms with E-state index in [1.807, 2.05) is 30.3 Å². The van der Waals surface area contributed by atoms with Gasteiger partial charge < -0.3 is 4.52 Å². The molecular weight excluding hydrogens is 238 g/mol. The van der Waals surface area contributed by atoms with Gasteiger partial charge in [-0.25, -0.2) is 0 Å². The quantitative estimate of drug-likeness (QED) is 0.833. The summed E-state index contributed by atoms with van der Waals surface area (Å²) in [6.07, 6.45) is 1.62. The average Bonchev–Trinajstić information content (AvgIpc) is 2.75. The molecule has 0 aliphatic carbocycles. The zero-order valence-electron chi connectivity index (χ0n) is 9.06. The molecule has 2 rings (SSSR count). The molecule has 0 N–H and O–H groups in total. The van der Waals surface area contributed by atoms with Gasteiger partial charge in [0.05, 0.1) is 12.5 Å². The van der Waals surface area contributed by atoms with Crippen LogP contribution in [0.5, 0.6) is 0 Å². The van der Waals surface area contributed by atoms with E-state index in [1.54, 1.807) is 0 Å². The van der Waals surface area contributed by atoms with Crippen LogP contribution in [0.4, 0.5) is 0 Å². The lowest BCUT2D eigenvalue weighted by atomic mass is 10.1. The van der Waals surface area contributed by atoms with Gasteiger partial charge in [0.2, 0.25) is 5.89 Å². The van der Waals surface area contributed by atoms with Crippen LogP contribution in [0.3, 0.4) is 0 Å². The Bertz CT molecular complexity index is 545. The zero-order valence-corrected chi connectivity index (χ0v) is 9.81. The fraction of sp³-hybridized carbons (Fsp3) is 0.250. The van der Waals surface area contributed by atoms with Crippen molar-refractivity contribution in [1.82, 2.24) is 10.1 Å². The van der Waals surface area contributed by atoms with Crippen molar-refractivity contribution in [3.63, 3.8) is 0 Å². The monoisotopic (exact) mass is 247 g/mol. The van der Waals surface area contributed by atoms with Gasteiger partial charge in [-0.3, -0.25) is 0 Å². The number of nitrogens with zero attached hydrogens (tertiary/aromatic N) is 3. The molecule has 86 valence electrons. The normalized spacial score (nSPS) is 10.1. The predicted molar refractivity (Wildman–Crippen MR) is 62.5 cm³/mol. The lowest BCUT2D eigenvalue weighted by molar-refractivity contribution is 0.374. The molecule has 0 aliphatic rings. The van der Waals surface area contributed by atoms with Crippen LogP contribution in [0.25, 0.3) is 0 Å². The lowest BCUT2D eigenvalue weighted by Gasteiger charge is -1.98. The molecule has 2 aromatic rings. The van der Waals surface area contributed by atoms with Crippen LogP contribution >= 0.6 is 11.6 Å². The summed E-state index contributed by atoms with van der Waals surface area (Å²) in [5.41, 5.74) is 1.12. The van der Waals surface area contributed by atoms with E-state index in [9.17, 15) is 0 Å². The van der Waals surface area contributed by atoms with Gasteiger partial charge in [-0.2, -0.15) is 10.2 Å². The first kappa shape index (κ1) is 11.6. The Morgan fingerprint density at radius 1 is 1.35 bits per heavy atom. The first-order valence-electron chi connectivity index (χ1n) is 5.21. The third-order valence-electron chi connectivity index (χ3n) is 2.26. The molecule has 0 spiro atoms. The third-order valence-corrected chi connectivity index (χ3v) is 2.50. The molecule has 0 saturated heterocycles. The molecule has 1 aromatic carbocycles. The third kappa shape index (κ3) is 3.30. The largest absolute Gasteiger partial charge is 0.339 e. The van der Waals surface area contributed by atoms with Crippen LogP contribution in [0.2, 0.25) is 5.02 Å². The van der Waals surface area contributed by atoms with E-state index in [2.05, 4.69) is 10.1 Å². The summed E-state index contributed by atoms with van der Waals surface area (Å²) in [4.78, 5) is 4.10. The zero-order chi connectivity index (χ0) is 12.1. The Hall–Kier alpha value is -1.86. The maximum Gasteiger partial charge on any atom is 0.227 e. The standard InChI is InChI=1S/C12H10ClN3O/c13-10-3-1-2-9(8-10)4-5-12-15-11(6-7-14)16-17-12/h1-3,8H,4-6H2. The predicted octanol–water partition coefficient (Wildman–Crippen LogP) is 2.57. The van der Waals surface area contributed by atoms with Gasteiger partial charge in [0, 0.05) is 11.4 Å². The van der Waals surface area contributed by atoms with E-state index >= 15 is 0 Å². The van der Waals surface area contributed by atoms with Crippen LogP contribution < -0.4 is 0 Å². The SMILES string of the molecule is N#CCc1noc(CCc2cccc(Cl)c2)n1. The second kappa shape index (κ2) is 5.46. The minimum atomic E-state index is 0.181. The lowest BCUT2D eigenvalue weighted by Crippen LogP contribution is -1.92. The molecule has 0 saturated carbocycles. The fourth-order valence-corrected chi connectivity index (χ4v) is 1.69. The number of rotatable bonds is 4. The van der Waals surface area contributed by atoms with E-state index < -0.39 is 0 Å². The average molecular weight is 248 g/mol. The van der Waals surface area contributed by atoms with Crippen LogP contribution in [0, 0.1) is 11.3 Å². The van der Waals surface area contributed by atoms with E-state index in [0.717, 1.165) is 17.0 Å². The number of aryl methyl sites for hydroxylation is 2. The molecule has 0 unspecified atom stereocenters. The first-order chi connectivity index (χ1) is 8.28. The molecule has 1 heterocycles. The van der Waals surface area contributed by atoms with Crippen LogP contribution in [-0.4, -0.2) is 10.1 Å². The molecule has 0 bridgehead atoms. The molecule has 0 atom stereocenters. The van der Waals surface area contributed by atoms with Crippen molar-refractivity contribution < 1.29 is 4.52 Å². The van der Waals surface area contributed by atoms with Crippen molar-refractivity contribution in [2.45, 2.75) is 19.3 Å². The van der Waals surface area contributed by atoms with Crippen molar-refractivity contribution in [2.24, 2.45) is 0 Å².